The predicted octanol–water partition coefficient (Wildman–Crippen LogP) is 9.18. The van der Waals surface area contributed by atoms with Crippen LogP contribution in [-0.2, 0) is 4.79 Å². The van der Waals surface area contributed by atoms with Gasteiger partial charge >= 0.3 is 0 Å². The number of aliphatic hydroxyl groups is 1. The van der Waals surface area contributed by atoms with Crippen LogP contribution in [0.25, 0.3) is 0 Å². The van der Waals surface area contributed by atoms with Crippen LogP contribution < -0.4 is 10.6 Å². The fourth-order valence-corrected chi connectivity index (χ4v) is 13.8. The van der Waals surface area contributed by atoms with E-state index in [1.807, 2.05) is 0 Å². The van der Waals surface area contributed by atoms with Gasteiger partial charge in [-0.05, 0) is 189 Å². The van der Waals surface area contributed by atoms with Gasteiger partial charge in [0.1, 0.15) is 0 Å². The van der Waals surface area contributed by atoms with Gasteiger partial charge in [-0.15, -0.1) is 0 Å². The third kappa shape index (κ3) is 7.96. The molecule has 1 aliphatic heterocycles. The molecule has 8 unspecified atom stereocenters. The molecule has 1 saturated heterocycles. The molecule has 0 aromatic rings. The van der Waals surface area contributed by atoms with E-state index in [2.05, 4.69) is 41.5 Å². The molecule has 0 bridgehead atoms. The summed E-state index contributed by atoms with van der Waals surface area (Å²) in [5.41, 5.74) is 0. The van der Waals surface area contributed by atoms with Crippen LogP contribution in [0.3, 0.4) is 0 Å². The lowest BCUT2D eigenvalue weighted by atomic mass is 9.60. The number of rotatable bonds is 7. The van der Waals surface area contributed by atoms with Crippen LogP contribution in [0.15, 0.2) is 12.2 Å². The number of fused-ring (bicyclic) bond motifs is 5. The molecule has 0 aromatic heterocycles. The van der Waals surface area contributed by atoms with E-state index in [-0.39, 0.29) is 11.8 Å². The second-order valence-electron chi connectivity index (χ2n) is 19.9. The highest BCUT2D eigenvalue weighted by Crippen LogP contribution is 2.52. The van der Waals surface area contributed by atoms with Crippen molar-refractivity contribution in [2.24, 2.45) is 53.3 Å². The summed E-state index contributed by atoms with van der Waals surface area (Å²) >= 11 is 0. The Balaban J connectivity index is 0.772. The maximum atomic E-state index is 13.6. The lowest BCUT2D eigenvalue weighted by Gasteiger charge is -2.49. The Morgan fingerprint density at radius 1 is 0.620 bits per heavy atom. The van der Waals surface area contributed by atoms with Gasteiger partial charge < -0.3 is 15.7 Å². The van der Waals surface area contributed by atoms with Crippen molar-refractivity contribution < 1.29 is 9.90 Å². The minimum Gasteiger partial charge on any atom is -0.392 e. The van der Waals surface area contributed by atoms with Crippen LogP contribution in [0.2, 0.25) is 0 Å². The van der Waals surface area contributed by atoms with Gasteiger partial charge in [0, 0.05) is 36.3 Å². The van der Waals surface area contributed by atoms with Crippen molar-refractivity contribution in [3.05, 3.63) is 12.2 Å². The van der Waals surface area contributed by atoms with Gasteiger partial charge in [0.15, 0.2) is 0 Å². The Labute approximate surface area is 306 Å². The topological polar surface area (TPSA) is 64.6 Å². The second-order valence-corrected chi connectivity index (χ2v) is 19.9. The summed E-state index contributed by atoms with van der Waals surface area (Å²) in [6, 6.07) is 4.12. The molecule has 8 fully saturated rings. The molecule has 5 heteroatoms. The maximum absolute atomic E-state index is 13.6. The van der Waals surface area contributed by atoms with E-state index in [0.29, 0.717) is 29.8 Å². The highest BCUT2D eigenvalue weighted by Gasteiger charge is 2.53. The first-order valence-corrected chi connectivity index (χ1v) is 22.6. The van der Waals surface area contributed by atoms with Crippen LogP contribution in [0.5, 0.6) is 0 Å². The van der Waals surface area contributed by atoms with Crippen LogP contribution in [0.4, 0.5) is 0 Å². The van der Waals surface area contributed by atoms with Gasteiger partial charge in [-0.25, -0.2) is 0 Å². The average molecular weight is 690 g/mol. The molecule has 3 N–H and O–H groups in total. The Bertz CT molecular complexity index is 1100. The second kappa shape index (κ2) is 16.2. The molecule has 7 saturated carbocycles. The fraction of sp³-hybridized carbons (Fsp3) is 0.933. The lowest BCUT2D eigenvalue weighted by molar-refractivity contribution is -0.134. The molecule has 8 atom stereocenters. The quantitative estimate of drug-likeness (QED) is 0.233. The summed E-state index contributed by atoms with van der Waals surface area (Å²) in [5.74, 6) is 6.10. The van der Waals surface area contributed by atoms with Crippen LogP contribution in [0.1, 0.15) is 168 Å². The maximum Gasteiger partial charge on any atom is 0.225 e. The monoisotopic (exact) mass is 690 g/mol. The number of nitrogens with zero attached hydrogens (tertiary/aromatic N) is 1. The highest BCUT2D eigenvalue weighted by atomic mass is 16.3. The van der Waals surface area contributed by atoms with E-state index >= 15 is 0 Å². The summed E-state index contributed by atoms with van der Waals surface area (Å²) in [5, 5.41) is 18.9. The summed E-state index contributed by atoms with van der Waals surface area (Å²) in [6.07, 6.45) is 36.3. The van der Waals surface area contributed by atoms with Gasteiger partial charge in [-0.2, -0.15) is 0 Å². The van der Waals surface area contributed by atoms with Gasteiger partial charge in [-0.3, -0.25) is 9.69 Å². The van der Waals surface area contributed by atoms with Gasteiger partial charge in [0.05, 0.1) is 12.0 Å². The number of carbonyl (C=O) groups excluding carboxylic acids is 1. The fourth-order valence-electron chi connectivity index (χ4n) is 13.8. The number of hydrogen-bond acceptors (Lipinski definition) is 4. The molecule has 8 rings (SSSR count). The van der Waals surface area contributed by atoms with E-state index in [0.717, 1.165) is 79.4 Å². The zero-order valence-electron chi connectivity index (χ0n) is 32.2. The Morgan fingerprint density at radius 2 is 1.18 bits per heavy atom. The molecular weight excluding hydrogens is 615 g/mol. The summed E-state index contributed by atoms with van der Waals surface area (Å²) < 4.78 is 0. The van der Waals surface area contributed by atoms with Gasteiger partial charge in [0.2, 0.25) is 5.91 Å². The van der Waals surface area contributed by atoms with E-state index in [1.165, 1.54) is 128 Å². The third-order valence-corrected chi connectivity index (χ3v) is 16.8. The van der Waals surface area contributed by atoms with Crippen molar-refractivity contribution in [1.29, 1.82) is 0 Å². The molecule has 8 aliphatic rings. The van der Waals surface area contributed by atoms with E-state index in [9.17, 15) is 9.90 Å². The summed E-state index contributed by atoms with van der Waals surface area (Å²) in [6.45, 7) is 4.95. The number of hydrogen-bond donors (Lipinski definition) is 3. The molecule has 0 aromatic carbocycles. The van der Waals surface area contributed by atoms with Crippen molar-refractivity contribution in [3.63, 3.8) is 0 Å². The number of aliphatic hydroxyl groups excluding tert-OH is 1. The zero-order chi connectivity index (χ0) is 34.2. The number of nitrogens with one attached hydrogen (secondary N) is 2. The molecule has 282 valence electrons. The normalized spacial score (nSPS) is 48.5. The van der Waals surface area contributed by atoms with Crippen molar-refractivity contribution in [1.82, 2.24) is 15.5 Å². The van der Waals surface area contributed by atoms with E-state index in [4.69, 9.17) is 0 Å². The standard InChI is InChI=1S/C45H75N3O2/c1-29-7-20-35(21-8-29)48(36-22-9-30(2)10-23-36)37-24-15-32(16-25-37)12-11-31-13-18-34(19-14-31)46-45(50)41-27-33-17-26-39-38-5-3-4-6-42(38)47-44(39)40(33)28-43(41)49/h11-12,29-44,47,49H,3-10,13-28H2,1-2H3,(H,46,50)/b12-11+. The first-order valence-electron chi connectivity index (χ1n) is 22.6. The molecule has 1 heterocycles. The predicted molar refractivity (Wildman–Crippen MR) is 205 cm³/mol. The highest BCUT2D eigenvalue weighted by molar-refractivity contribution is 5.79. The summed E-state index contributed by atoms with van der Waals surface area (Å²) in [4.78, 5) is 16.7. The van der Waals surface area contributed by atoms with E-state index < -0.39 is 6.10 Å². The summed E-state index contributed by atoms with van der Waals surface area (Å²) in [7, 11) is 0. The SMILES string of the molecule is CC1CCC(N(C2CCC(C)CC2)C2CCC(/C=C/C3CCC(NC(=O)C4CC5CCC6C7CCCCC7NC6C5CC4O)CC3)CC2)CC1. The largest absolute Gasteiger partial charge is 0.392 e. The van der Waals surface area contributed by atoms with Crippen LogP contribution >= 0.6 is 0 Å². The minimum atomic E-state index is -0.474. The number of carbonyl (C=O) groups is 1. The molecule has 5 nitrogen and oxygen atoms in total. The van der Waals surface area contributed by atoms with Gasteiger partial charge in [-0.1, -0.05) is 38.8 Å². The van der Waals surface area contributed by atoms with E-state index in [1.54, 1.807) is 0 Å². The lowest BCUT2D eigenvalue weighted by Crippen LogP contribution is -2.53. The van der Waals surface area contributed by atoms with Gasteiger partial charge in [0.25, 0.3) is 0 Å². The van der Waals surface area contributed by atoms with Crippen molar-refractivity contribution in [3.8, 4) is 0 Å². The smallest absolute Gasteiger partial charge is 0.225 e. The first kappa shape index (κ1) is 36.1. The first-order chi connectivity index (χ1) is 24.4. The van der Waals surface area contributed by atoms with Crippen LogP contribution in [0, 0.1) is 53.3 Å². The van der Waals surface area contributed by atoms with Crippen LogP contribution in [-0.4, -0.2) is 58.3 Å². The third-order valence-electron chi connectivity index (χ3n) is 16.8. The Morgan fingerprint density at radius 3 is 1.80 bits per heavy atom. The molecule has 50 heavy (non-hydrogen) atoms. The van der Waals surface area contributed by atoms with Crippen molar-refractivity contribution >= 4 is 5.91 Å². The van der Waals surface area contributed by atoms with Crippen molar-refractivity contribution in [2.75, 3.05) is 0 Å². The zero-order valence-corrected chi connectivity index (χ0v) is 32.2. The number of allylic oxidation sites excluding steroid dienone is 2. The molecule has 1 amide bonds. The molecule has 0 spiro atoms. The van der Waals surface area contributed by atoms with Crippen molar-refractivity contribution in [2.45, 2.75) is 210 Å². The molecular formula is C45H75N3O2. The minimum absolute atomic E-state index is 0.154. The Kier molecular flexibility index (Phi) is 11.7. The molecule has 7 aliphatic carbocycles. The molecule has 0 radical (unpaired) electrons. The average Bonchev–Trinajstić information content (AvgIpc) is 3.53. The number of amides is 1. The Hall–Kier alpha value is -0.910.